The number of hydrogen-bond donors (Lipinski definition) is 5. The number of phenolic OH excluding ortho intramolecular Hbond substituents is 1. The molecule has 0 aliphatic heterocycles. The van der Waals surface area contributed by atoms with Gasteiger partial charge in [-0.3, -0.25) is 9.59 Å². The number of phenols is 1. The highest BCUT2D eigenvalue weighted by atomic mass is 127. The number of carbonyl (C=O) groups is 2. The minimum Gasteiger partial charge on any atom is -0.506 e. The van der Waals surface area contributed by atoms with E-state index in [0.29, 0.717) is 3.57 Å². The van der Waals surface area contributed by atoms with Gasteiger partial charge in [0.15, 0.2) is 0 Å². The van der Waals surface area contributed by atoms with Crippen LogP contribution in [-0.4, -0.2) is 46.4 Å². The molecule has 0 aliphatic carbocycles. The monoisotopic (exact) mass is 632 g/mol. The van der Waals surface area contributed by atoms with Gasteiger partial charge in [-0.05, 0) is 67.8 Å². The zero-order valence-electron chi connectivity index (χ0n) is 10.4. The number of aromatic hydroxyl groups is 1. The Labute approximate surface area is 161 Å². The van der Waals surface area contributed by atoms with Crippen LogP contribution in [0.5, 0.6) is 5.75 Å². The fourth-order valence-electron chi connectivity index (χ4n) is 1.43. The number of hydrogen-bond acceptors (Lipinski definition) is 5. The fraction of sp³-hybridized carbons (Fsp3) is 0.273. The maximum absolute atomic E-state index is 12.2. The summed E-state index contributed by atoms with van der Waals surface area (Å²) in [6.45, 7) is -0.640. The van der Waals surface area contributed by atoms with E-state index < -0.39 is 24.5 Å². The Hall–Kier alpha value is 0.0700. The van der Waals surface area contributed by atoms with Gasteiger partial charge in [0, 0.05) is 10.1 Å². The lowest BCUT2D eigenvalue weighted by molar-refractivity contribution is 0.0800. The number of aliphatic hydroxyl groups excluding tert-OH is 2. The summed E-state index contributed by atoms with van der Waals surface area (Å²) in [6.07, 6.45) is -1.09. The molecule has 0 aromatic heterocycles. The number of amides is 2. The summed E-state index contributed by atoms with van der Waals surface area (Å²) in [7, 11) is 0. The van der Waals surface area contributed by atoms with Gasteiger partial charge >= 0.3 is 0 Å². The Morgan fingerprint density at radius 1 is 1.14 bits per heavy atom. The number of carbonyl (C=O) groups excluding carboxylic acids is 2. The number of benzene rings is 1. The Bertz CT molecular complexity index is 594. The van der Waals surface area contributed by atoms with Crippen molar-refractivity contribution in [2.45, 2.75) is 6.10 Å². The molecule has 1 aromatic carbocycles. The normalized spacial score (nSPS) is 12.0. The van der Waals surface area contributed by atoms with E-state index in [2.05, 4.69) is 5.32 Å². The van der Waals surface area contributed by atoms with Gasteiger partial charge in [0.1, 0.15) is 5.75 Å². The first-order valence-electron chi connectivity index (χ1n) is 5.48. The zero-order chi connectivity index (χ0) is 16.3. The van der Waals surface area contributed by atoms with Crippen molar-refractivity contribution >= 4 is 79.6 Å². The van der Waals surface area contributed by atoms with E-state index in [1.54, 1.807) is 45.2 Å². The number of aliphatic hydroxyl groups is 2. The lowest BCUT2D eigenvalue weighted by Crippen LogP contribution is -2.35. The van der Waals surface area contributed by atoms with Gasteiger partial charge in [-0.15, -0.1) is 0 Å². The third-order valence-electron chi connectivity index (χ3n) is 2.48. The van der Waals surface area contributed by atoms with Crippen molar-refractivity contribution in [1.82, 2.24) is 5.32 Å². The summed E-state index contributed by atoms with van der Waals surface area (Å²) in [4.78, 5) is 23.7. The summed E-state index contributed by atoms with van der Waals surface area (Å²) in [6, 6.07) is 0. The minimum atomic E-state index is -1.09. The van der Waals surface area contributed by atoms with Crippen LogP contribution >= 0.6 is 67.8 Å². The third kappa shape index (κ3) is 4.29. The van der Waals surface area contributed by atoms with Crippen molar-refractivity contribution in [2.75, 3.05) is 13.2 Å². The molecule has 2 amide bonds. The van der Waals surface area contributed by atoms with Gasteiger partial charge in [0.05, 0.1) is 31.0 Å². The van der Waals surface area contributed by atoms with Crippen molar-refractivity contribution in [2.24, 2.45) is 5.73 Å². The van der Waals surface area contributed by atoms with Gasteiger partial charge < -0.3 is 26.4 Å². The maximum atomic E-state index is 12.2. The molecule has 21 heavy (non-hydrogen) atoms. The lowest BCUT2D eigenvalue weighted by atomic mass is 10.1. The van der Waals surface area contributed by atoms with Crippen LogP contribution in [0.1, 0.15) is 20.7 Å². The molecule has 0 aliphatic rings. The van der Waals surface area contributed by atoms with E-state index in [0.717, 1.165) is 0 Å². The Morgan fingerprint density at radius 2 is 1.67 bits per heavy atom. The molecule has 1 atom stereocenters. The highest BCUT2D eigenvalue weighted by Crippen LogP contribution is 2.36. The van der Waals surface area contributed by atoms with Gasteiger partial charge in [0.25, 0.3) is 11.8 Å². The summed E-state index contributed by atoms with van der Waals surface area (Å²) >= 11 is 5.39. The average Bonchev–Trinajstić information content (AvgIpc) is 2.42. The van der Waals surface area contributed by atoms with Crippen LogP contribution in [0.4, 0.5) is 0 Å². The Balaban J connectivity index is 3.30. The molecule has 0 radical (unpaired) electrons. The molecular weight excluding hydrogens is 621 g/mol. The van der Waals surface area contributed by atoms with Crippen LogP contribution in [0.3, 0.4) is 0 Å². The number of nitrogens with two attached hydrogens (primary N) is 1. The highest BCUT2D eigenvalue weighted by molar-refractivity contribution is 14.1. The molecule has 10 heteroatoms. The van der Waals surface area contributed by atoms with Crippen molar-refractivity contribution in [3.8, 4) is 5.75 Å². The number of rotatable bonds is 5. The zero-order valence-corrected chi connectivity index (χ0v) is 16.8. The fourth-order valence-corrected chi connectivity index (χ4v) is 5.62. The topological polar surface area (TPSA) is 133 Å². The minimum absolute atomic E-state index is 0.0713. The molecule has 1 rings (SSSR count). The van der Waals surface area contributed by atoms with Crippen molar-refractivity contribution < 1.29 is 24.9 Å². The smallest absolute Gasteiger partial charge is 0.253 e. The molecule has 0 heterocycles. The molecule has 0 spiro atoms. The molecule has 7 nitrogen and oxygen atoms in total. The molecule has 1 aromatic rings. The molecule has 0 saturated heterocycles. The maximum Gasteiger partial charge on any atom is 0.253 e. The van der Waals surface area contributed by atoms with Gasteiger partial charge in [-0.25, -0.2) is 0 Å². The summed E-state index contributed by atoms with van der Waals surface area (Å²) in [5.74, 6) is -1.52. The summed E-state index contributed by atoms with van der Waals surface area (Å²) in [5.41, 5.74) is 5.46. The van der Waals surface area contributed by atoms with Crippen LogP contribution in [0, 0.1) is 10.7 Å². The molecule has 1 unspecified atom stereocenters. The van der Waals surface area contributed by atoms with Gasteiger partial charge in [-0.1, -0.05) is 0 Å². The molecule has 0 saturated carbocycles. The molecule has 0 bridgehead atoms. The summed E-state index contributed by atoms with van der Waals surface area (Å²) < 4.78 is 0.880. The largest absolute Gasteiger partial charge is 0.506 e. The SMILES string of the molecule is NC(=O)c1c(I)c(O)c(I)c(C(=O)NCC(O)CO)c1I. The average molecular weight is 632 g/mol. The Kier molecular flexibility index (Phi) is 7.35. The van der Waals surface area contributed by atoms with Gasteiger partial charge in [0.2, 0.25) is 0 Å². The molecule has 0 fully saturated rings. The van der Waals surface area contributed by atoms with E-state index in [-0.39, 0.29) is 30.6 Å². The van der Waals surface area contributed by atoms with E-state index in [9.17, 15) is 19.8 Å². The number of halogens is 3. The van der Waals surface area contributed by atoms with Crippen molar-refractivity contribution in [3.63, 3.8) is 0 Å². The third-order valence-corrected chi connectivity index (χ3v) is 5.66. The first-order chi connectivity index (χ1) is 9.72. The molecular formula is C11H11I3N2O5. The van der Waals surface area contributed by atoms with Crippen LogP contribution in [0.2, 0.25) is 0 Å². The second-order valence-electron chi connectivity index (χ2n) is 3.95. The predicted molar refractivity (Wildman–Crippen MR) is 100 cm³/mol. The second-order valence-corrected chi connectivity index (χ2v) is 7.19. The number of primary amides is 1. The Morgan fingerprint density at radius 3 is 2.14 bits per heavy atom. The predicted octanol–water partition coefficient (Wildman–Crippen LogP) is 0.388. The van der Waals surface area contributed by atoms with E-state index in [4.69, 9.17) is 10.8 Å². The van der Waals surface area contributed by atoms with Crippen LogP contribution in [0.25, 0.3) is 0 Å². The van der Waals surface area contributed by atoms with Gasteiger partial charge in [-0.2, -0.15) is 0 Å². The standard InChI is InChI=1S/C11H11I3N2O5/c12-6-4(10(15)20)7(13)9(19)8(14)5(6)11(21)16-1-3(18)2-17/h3,17-19H,1-2H2,(H2,15,20)(H,16,21). The van der Waals surface area contributed by atoms with E-state index in [1.807, 2.05) is 22.6 Å². The van der Waals surface area contributed by atoms with E-state index >= 15 is 0 Å². The second kappa shape index (κ2) is 8.07. The van der Waals surface area contributed by atoms with Crippen LogP contribution in [-0.2, 0) is 0 Å². The highest BCUT2D eigenvalue weighted by Gasteiger charge is 2.26. The lowest BCUT2D eigenvalue weighted by Gasteiger charge is -2.15. The van der Waals surface area contributed by atoms with Crippen molar-refractivity contribution in [3.05, 3.63) is 21.8 Å². The van der Waals surface area contributed by atoms with Crippen LogP contribution in [0.15, 0.2) is 0 Å². The number of nitrogens with one attached hydrogen (secondary N) is 1. The molecule has 116 valence electrons. The molecule has 6 N–H and O–H groups in total. The quantitative estimate of drug-likeness (QED) is 0.300. The summed E-state index contributed by atoms with van der Waals surface area (Å²) in [5, 5.41) is 30.4. The van der Waals surface area contributed by atoms with E-state index in [1.165, 1.54) is 0 Å². The first-order valence-corrected chi connectivity index (χ1v) is 8.72. The first kappa shape index (κ1) is 19.1. The van der Waals surface area contributed by atoms with Crippen molar-refractivity contribution in [1.29, 1.82) is 0 Å². The van der Waals surface area contributed by atoms with Crippen LogP contribution < -0.4 is 11.1 Å².